The van der Waals surface area contributed by atoms with E-state index in [-0.39, 0.29) is 5.75 Å². The van der Waals surface area contributed by atoms with Crippen LogP contribution >= 0.6 is 0 Å². The Kier molecular flexibility index (Phi) is 4.35. The number of rotatable bonds is 5. The lowest BCUT2D eigenvalue weighted by Crippen LogP contribution is -2.18. The topological polar surface area (TPSA) is 118 Å². The van der Waals surface area contributed by atoms with Gasteiger partial charge in [-0.05, 0) is 35.0 Å². The Balaban J connectivity index is 2.09. The standard InChI is InChI=1S/C18H12O7S/c19-17(20)14-6-3-7-15(16(14)18(21)22)26(23,24)25-13-9-8-11-4-1-2-5-12(11)10-13/h1-10H,(H,19,20)(H,21,22). The van der Waals surface area contributed by atoms with Crippen molar-refractivity contribution in [3.8, 4) is 5.75 Å². The summed E-state index contributed by atoms with van der Waals surface area (Å²) in [7, 11) is -4.56. The molecule has 0 heterocycles. The summed E-state index contributed by atoms with van der Waals surface area (Å²) in [5.41, 5.74) is -1.48. The lowest BCUT2D eigenvalue weighted by molar-refractivity contribution is 0.0648. The number of benzene rings is 3. The predicted octanol–water partition coefficient (Wildman–Crippen LogP) is 3.00. The first kappa shape index (κ1) is 17.4. The lowest BCUT2D eigenvalue weighted by atomic mass is 10.1. The third-order valence-corrected chi connectivity index (χ3v) is 4.96. The van der Waals surface area contributed by atoms with Gasteiger partial charge < -0.3 is 14.4 Å². The highest BCUT2D eigenvalue weighted by atomic mass is 32.2. The monoisotopic (exact) mass is 372 g/mol. The summed E-state index contributed by atoms with van der Waals surface area (Å²) in [4.78, 5) is 21.9. The van der Waals surface area contributed by atoms with E-state index in [1.807, 2.05) is 12.1 Å². The quantitative estimate of drug-likeness (QED) is 0.661. The van der Waals surface area contributed by atoms with Crippen molar-refractivity contribution in [3.05, 3.63) is 71.8 Å². The minimum Gasteiger partial charge on any atom is -0.478 e. The zero-order valence-electron chi connectivity index (χ0n) is 13.1. The molecule has 3 aromatic carbocycles. The van der Waals surface area contributed by atoms with E-state index in [1.165, 1.54) is 12.1 Å². The zero-order chi connectivity index (χ0) is 18.9. The summed E-state index contributed by atoms with van der Waals surface area (Å²) in [6.07, 6.45) is 0. The van der Waals surface area contributed by atoms with E-state index in [2.05, 4.69) is 0 Å². The lowest BCUT2D eigenvalue weighted by Gasteiger charge is -2.11. The van der Waals surface area contributed by atoms with Crippen molar-refractivity contribution in [1.82, 2.24) is 0 Å². The second kappa shape index (κ2) is 6.49. The predicted molar refractivity (Wildman–Crippen MR) is 92.1 cm³/mol. The average molecular weight is 372 g/mol. The summed E-state index contributed by atoms with van der Waals surface area (Å²) in [6, 6.07) is 15.0. The van der Waals surface area contributed by atoms with Crippen LogP contribution in [0.4, 0.5) is 0 Å². The molecule has 3 aromatic rings. The van der Waals surface area contributed by atoms with Gasteiger partial charge in [0.05, 0.1) is 11.1 Å². The highest BCUT2D eigenvalue weighted by Gasteiger charge is 2.29. The van der Waals surface area contributed by atoms with Crippen molar-refractivity contribution in [2.75, 3.05) is 0 Å². The molecular weight excluding hydrogens is 360 g/mol. The highest BCUT2D eigenvalue weighted by Crippen LogP contribution is 2.26. The fourth-order valence-electron chi connectivity index (χ4n) is 2.53. The maximum absolute atomic E-state index is 12.6. The van der Waals surface area contributed by atoms with Gasteiger partial charge in [-0.25, -0.2) is 9.59 Å². The molecule has 0 atom stereocenters. The van der Waals surface area contributed by atoms with Crippen LogP contribution in [0.15, 0.2) is 65.6 Å². The number of hydrogen-bond donors (Lipinski definition) is 2. The molecule has 0 fully saturated rings. The number of fused-ring (bicyclic) bond motifs is 1. The van der Waals surface area contributed by atoms with E-state index in [4.69, 9.17) is 9.29 Å². The minimum absolute atomic E-state index is 0.0132. The minimum atomic E-state index is -4.56. The first-order chi connectivity index (χ1) is 12.3. The van der Waals surface area contributed by atoms with Crippen LogP contribution in [0.1, 0.15) is 20.7 Å². The number of hydrogen-bond acceptors (Lipinski definition) is 5. The summed E-state index contributed by atoms with van der Waals surface area (Å²) >= 11 is 0. The van der Waals surface area contributed by atoms with Gasteiger partial charge in [-0.1, -0.05) is 36.4 Å². The molecule has 0 aromatic heterocycles. The number of carbonyl (C=O) groups is 2. The fourth-order valence-corrected chi connectivity index (χ4v) is 3.67. The van der Waals surface area contributed by atoms with Crippen LogP contribution in [0.5, 0.6) is 5.75 Å². The van der Waals surface area contributed by atoms with E-state index in [0.717, 1.165) is 29.0 Å². The molecule has 0 spiro atoms. The van der Waals surface area contributed by atoms with Crippen LogP contribution in [0.2, 0.25) is 0 Å². The van der Waals surface area contributed by atoms with Crippen LogP contribution in [0, 0.1) is 0 Å². The highest BCUT2D eigenvalue weighted by molar-refractivity contribution is 7.87. The molecule has 132 valence electrons. The molecule has 0 aliphatic rings. The third-order valence-electron chi connectivity index (χ3n) is 3.67. The van der Waals surface area contributed by atoms with Gasteiger partial charge in [-0.3, -0.25) is 0 Å². The Morgan fingerprint density at radius 2 is 1.50 bits per heavy atom. The van der Waals surface area contributed by atoms with E-state index >= 15 is 0 Å². The number of aromatic carboxylic acids is 2. The number of carboxylic acid groups (broad SMARTS) is 2. The summed E-state index contributed by atoms with van der Waals surface area (Å²) in [6.45, 7) is 0. The summed E-state index contributed by atoms with van der Waals surface area (Å²) in [5, 5.41) is 20.0. The van der Waals surface area contributed by atoms with Crippen LogP contribution in [-0.4, -0.2) is 30.6 Å². The molecule has 7 nitrogen and oxygen atoms in total. The molecule has 0 saturated carbocycles. The van der Waals surface area contributed by atoms with Gasteiger partial charge in [0.1, 0.15) is 10.6 Å². The second-order valence-corrected chi connectivity index (χ2v) is 6.85. The fraction of sp³-hybridized carbons (Fsp3) is 0. The maximum Gasteiger partial charge on any atom is 0.340 e. The van der Waals surface area contributed by atoms with Crippen LogP contribution < -0.4 is 4.18 Å². The Bertz CT molecular complexity index is 1130. The molecule has 0 saturated heterocycles. The maximum atomic E-state index is 12.6. The van der Waals surface area contributed by atoms with Crippen molar-refractivity contribution in [3.63, 3.8) is 0 Å². The molecular formula is C18H12O7S. The van der Waals surface area contributed by atoms with Crippen molar-refractivity contribution >= 4 is 32.8 Å². The molecule has 0 aliphatic heterocycles. The average Bonchev–Trinajstić information content (AvgIpc) is 2.60. The van der Waals surface area contributed by atoms with Crippen molar-refractivity contribution in [2.24, 2.45) is 0 Å². The normalized spacial score (nSPS) is 11.2. The zero-order valence-corrected chi connectivity index (χ0v) is 13.9. The van der Waals surface area contributed by atoms with Gasteiger partial charge in [-0.2, -0.15) is 8.42 Å². The molecule has 0 bridgehead atoms. The van der Waals surface area contributed by atoms with Crippen LogP contribution in [0.3, 0.4) is 0 Å². The summed E-state index contributed by atoms with van der Waals surface area (Å²) < 4.78 is 30.2. The van der Waals surface area contributed by atoms with Gasteiger partial charge in [0.2, 0.25) is 0 Å². The van der Waals surface area contributed by atoms with Gasteiger partial charge >= 0.3 is 22.1 Å². The van der Waals surface area contributed by atoms with Gasteiger partial charge in [0.25, 0.3) is 0 Å². The number of carboxylic acids is 2. The van der Waals surface area contributed by atoms with Gasteiger partial charge in [0.15, 0.2) is 0 Å². The molecule has 0 radical (unpaired) electrons. The molecule has 3 rings (SSSR count). The van der Waals surface area contributed by atoms with E-state index < -0.39 is 38.1 Å². The van der Waals surface area contributed by atoms with Crippen molar-refractivity contribution in [2.45, 2.75) is 4.90 Å². The van der Waals surface area contributed by atoms with E-state index in [0.29, 0.717) is 0 Å². The molecule has 0 aliphatic carbocycles. The van der Waals surface area contributed by atoms with Crippen LogP contribution in [0.25, 0.3) is 10.8 Å². The molecule has 0 amide bonds. The van der Waals surface area contributed by atoms with E-state index in [1.54, 1.807) is 18.2 Å². The molecule has 26 heavy (non-hydrogen) atoms. The molecule has 2 N–H and O–H groups in total. The smallest absolute Gasteiger partial charge is 0.340 e. The Morgan fingerprint density at radius 1 is 0.808 bits per heavy atom. The Hall–Kier alpha value is -3.39. The molecule has 8 heteroatoms. The SMILES string of the molecule is O=C(O)c1cccc(S(=O)(=O)Oc2ccc3ccccc3c2)c1C(=O)O. The summed E-state index contributed by atoms with van der Waals surface area (Å²) in [5.74, 6) is -3.24. The third kappa shape index (κ3) is 3.22. The Labute approximate surface area is 148 Å². The first-order valence-corrected chi connectivity index (χ1v) is 8.73. The van der Waals surface area contributed by atoms with Gasteiger partial charge in [-0.15, -0.1) is 0 Å². The van der Waals surface area contributed by atoms with E-state index in [9.17, 15) is 23.1 Å². The second-order valence-electron chi connectivity index (χ2n) is 5.34. The van der Waals surface area contributed by atoms with Gasteiger partial charge in [0, 0.05) is 0 Å². The van der Waals surface area contributed by atoms with Crippen molar-refractivity contribution < 1.29 is 32.4 Å². The van der Waals surface area contributed by atoms with Crippen molar-refractivity contribution in [1.29, 1.82) is 0 Å². The first-order valence-electron chi connectivity index (χ1n) is 7.32. The molecule has 0 unspecified atom stereocenters. The van der Waals surface area contributed by atoms with Crippen LogP contribution in [-0.2, 0) is 10.1 Å². The Morgan fingerprint density at radius 3 is 2.15 bits per heavy atom. The largest absolute Gasteiger partial charge is 0.478 e.